The number of nitrogens with zero attached hydrogens (tertiary/aromatic N) is 3. The van der Waals surface area contributed by atoms with Gasteiger partial charge in [-0.15, -0.1) is 0 Å². The van der Waals surface area contributed by atoms with Crippen LogP contribution in [-0.2, 0) is 6.42 Å². The Hall–Kier alpha value is -2.58. The van der Waals surface area contributed by atoms with Crippen molar-refractivity contribution in [2.75, 3.05) is 6.54 Å². The molecule has 3 aromatic rings. The smallest absolute Gasteiger partial charge is 0.404 e. The summed E-state index contributed by atoms with van der Waals surface area (Å²) in [5, 5.41) is 16.7. The number of carbonyl (C=O) groups is 1. The predicted molar refractivity (Wildman–Crippen MR) is 101 cm³/mol. The molecule has 0 bridgehead atoms. The number of aromatic nitrogens is 3. The van der Waals surface area contributed by atoms with Gasteiger partial charge in [0.1, 0.15) is 16.0 Å². The van der Waals surface area contributed by atoms with Crippen molar-refractivity contribution >= 4 is 29.5 Å². The maximum atomic E-state index is 14.0. The highest BCUT2D eigenvalue weighted by Crippen LogP contribution is 2.31. The van der Waals surface area contributed by atoms with Gasteiger partial charge in [-0.2, -0.15) is 5.10 Å². The quantitative estimate of drug-likeness (QED) is 0.595. The number of pyridine rings is 1. The Morgan fingerprint density at radius 1 is 1.37 bits per heavy atom. The molecule has 2 heterocycles. The van der Waals surface area contributed by atoms with Gasteiger partial charge in [0.05, 0.1) is 11.4 Å². The molecule has 0 atom stereocenters. The molecular weight excluding hydrogens is 391 g/mol. The van der Waals surface area contributed by atoms with Gasteiger partial charge in [0.15, 0.2) is 0 Å². The molecule has 0 aliphatic carbocycles. The van der Waals surface area contributed by atoms with E-state index in [0.29, 0.717) is 28.5 Å². The first-order valence-corrected chi connectivity index (χ1v) is 9.24. The Balaban J connectivity index is 1.95. The van der Waals surface area contributed by atoms with E-state index in [1.807, 2.05) is 12.1 Å². The van der Waals surface area contributed by atoms with Gasteiger partial charge in [0.2, 0.25) is 0 Å². The molecule has 0 fully saturated rings. The standard InChI is InChI=1S/C18H16ClFN4O2S/c1-11-14(20)3-2-4-15(11)24-17(27-13-5-6-16(19)22-10-13)9-12(23-24)7-8-21-18(25)26/h2-6,9-10,21H,7-8H2,1H3,(H,25,26). The van der Waals surface area contributed by atoms with Crippen LogP contribution in [0.15, 0.2) is 52.5 Å². The van der Waals surface area contributed by atoms with E-state index in [0.717, 1.165) is 9.92 Å². The summed E-state index contributed by atoms with van der Waals surface area (Å²) in [6.45, 7) is 1.93. The number of hydrogen-bond donors (Lipinski definition) is 2. The van der Waals surface area contributed by atoms with E-state index in [1.165, 1.54) is 17.8 Å². The number of rotatable bonds is 6. The zero-order valence-corrected chi connectivity index (χ0v) is 15.9. The Bertz CT molecular complexity index is 962. The van der Waals surface area contributed by atoms with E-state index in [-0.39, 0.29) is 12.4 Å². The van der Waals surface area contributed by atoms with Crippen LogP contribution in [0.1, 0.15) is 11.3 Å². The second kappa shape index (κ2) is 8.41. The fourth-order valence-electron chi connectivity index (χ4n) is 2.44. The molecule has 2 N–H and O–H groups in total. The third-order valence-corrected chi connectivity index (χ3v) is 4.98. The van der Waals surface area contributed by atoms with Gasteiger partial charge >= 0.3 is 6.09 Å². The number of nitrogens with one attached hydrogen (secondary N) is 1. The topological polar surface area (TPSA) is 80.0 Å². The first kappa shape index (κ1) is 19.2. The molecule has 0 radical (unpaired) electrons. The lowest BCUT2D eigenvalue weighted by atomic mass is 10.2. The molecule has 6 nitrogen and oxygen atoms in total. The van der Waals surface area contributed by atoms with Crippen LogP contribution in [0.2, 0.25) is 5.15 Å². The zero-order valence-electron chi connectivity index (χ0n) is 14.3. The average molecular weight is 407 g/mol. The minimum absolute atomic E-state index is 0.237. The number of amides is 1. The SMILES string of the molecule is Cc1c(F)cccc1-n1nc(CCNC(=O)O)cc1Sc1ccc(Cl)nc1. The summed E-state index contributed by atoms with van der Waals surface area (Å²) in [7, 11) is 0. The second-order valence-electron chi connectivity index (χ2n) is 5.67. The highest BCUT2D eigenvalue weighted by molar-refractivity contribution is 7.99. The summed E-state index contributed by atoms with van der Waals surface area (Å²) in [5.41, 5.74) is 1.79. The van der Waals surface area contributed by atoms with E-state index in [2.05, 4.69) is 15.4 Å². The van der Waals surface area contributed by atoms with E-state index in [1.54, 1.807) is 36.0 Å². The van der Waals surface area contributed by atoms with Crippen LogP contribution in [0, 0.1) is 12.7 Å². The summed E-state index contributed by atoms with van der Waals surface area (Å²) in [5.74, 6) is -0.318. The van der Waals surface area contributed by atoms with Crippen molar-refractivity contribution in [3.8, 4) is 5.69 Å². The molecule has 0 saturated carbocycles. The molecule has 0 aliphatic heterocycles. The van der Waals surface area contributed by atoms with Gasteiger partial charge < -0.3 is 10.4 Å². The van der Waals surface area contributed by atoms with Crippen molar-refractivity contribution in [2.45, 2.75) is 23.3 Å². The summed E-state index contributed by atoms with van der Waals surface area (Å²) >= 11 is 7.25. The summed E-state index contributed by atoms with van der Waals surface area (Å²) < 4.78 is 15.7. The predicted octanol–water partition coefficient (Wildman–Crippen LogP) is 4.33. The van der Waals surface area contributed by atoms with Crippen molar-refractivity contribution in [1.82, 2.24) is 20.1 Å². The molecule has 1 aromatic carbocycles. The Morgan fingerprint density at radius 3 is 2.89 bits per heavy atom. The van der Waals surface area contributed by atoms with Crippen molar-refractivity contribution in [1.29, 1.82) is 0 Å². The lowest BCUT2D eigenvalue weighted by molar-refractivity contribution is 0.194. The third-order valence-electron chi connectivity index (χ3n) is 3.77. The van der Waals surface area contributed by atoms with E-state index in [4.69, 9.17) is 16.7 Å². The Morgan fingerprint density at radius 2 is 2.19 bits per heavy atom. The molecule has 0 saturated heterocycles. The molecular formula is C18H16ClFN4O2S. The first-order valence-electron chi connectivity index (χ1n) is 8.04. The van der Waals surface area contributed by atoms with Crippen LogP contribution in [0.5, 0.6) is 0 Å². The molecule has 0 unspecified atom stereocenters. The van der Waals surface area contributed by atoms with Crippen LogP contribution >= 0.6 is 23.4 Å². The molecule has 0 aliphatic rings. The normalized spacial score (nSPS) is 10.8. The summed E-state index contributed by atoms with van der Waals surface area (Å²) in [4.78, 5) is 15.6. The van der Waals surface area contributed by atoms with Crippen molar-refractivity contribution < 1.29 is 14.3 Å². The number of benzene rings is 1. The number of halogens is 2. The highest BCUT2D eigenvalue weighted by atomic mass is 35.5. The monoisotopic (exact) mass is 406 g/mol. The van der Waals surface area contributed by atoms with Gasteiger partial charge in [0.25, 0.3) is 0 Å². The van der Waals surface area contributed by atoms with E-state index >= 15 is 0 Å². The lowest BCUT2D eigenvalue weighted by Gasteiger charge is -2.10. The molecule has 2 aromatic heterocycles. The third kappa shape index (κ3) is 4.78. The van der Waals surface area contributed by atoms with Crippen LogP contribution in [-0.4, -0.2) is 32.5 Å². The highest BCUT2D eigenvalue weighted by Gasteiger charge is 2.15. The Labute approximate surface area is 164 Å². The molecule has 27 heavy (non-hydrogen) atoms. The fourth-order valence-corrected chi connectivity index (χ4v) is 3.46. The van der Waals surface area contributed by atoms with Gasteiger partial charge in [-0.25, -0.2) is 18.9 Å². The second-order valence-corrected chi connectivity index (χ2v) is 7.15. The van der Waals surface area contributed by atoms with Crippen LogP contribution in [0.4, 0.5) is 9.18 Å². The maximum Gasteiger partial charge on any atom is 0.404 e. The maximum absolute atomic E-state index is 14.0. The van der Waals surface area contributed by atoms with Crippen molar-refractivity contribution in [3.63, 3.8) is 0 Å². The van der Waals surface area contributed by atoms with Gasteiger partial charge in [-0.1, -0.05) is 29.4 Å². The largest absolute Gasteiger partial charge is 0.465 e. The number of carboxylic acid groups (broad SMARTS) is 1. The van der Waals surface area contributed by atoms with Crippen LogP contribution in [0.3, 0.4) is 0 Å². The Kier molecular flexibility index (Phi) is 5.98. The minimum Gasteiger partial charge on any atom is -0.465 e. The minimum atomic E-state index is -1.09. The molecule has 140 valence electrons. The van der Waals surface area contributed by atoms with Crippen LogP contribution < -0.4 is 5.32 Å². The van der Waals surface area contributed by atoms with Gasteiger partial charge in [-0.3, -0.25) is 0 Å². The van der Waals surface area contributed by atoms with Gasteiger partial charge in [-0.05, 0) is 37.3 Å². The molecule has 3 rings (SSSR count). The molecule has 1 amide bonds. The first-order chi connectivity index (χ1) is 12.9. The van der Waals surface area contributed by atoms with Crippen molar-refractivity contribution in [3.05, 3.63) is 64.8 Å². The fraction of sp³-hybridized carbons (Fsp3) is 0.167. The summed E-state index contributed by atoms with van der Waals surface area (Å²) in [6, 6.07) is 10.2. The van der Waals surface area contributed by atoms with Gasteiger partial charge in [0, 0.05) is 29.6 Å². The average Bonchev–Trinajstić information content (AvgIpc) is 3.01. The van der Waals surface area contributed by atoms with E-state index in [9.17, 15) is 9.18 Å². The number of hydrogen-bond acceptors (Lipinski definition) is 4. The lowest BCUT2D eigenvalue weighted by Crippen LogP contribution is -2.23. The molecule has 0 spiro atoms. The summed E-state index contributed by atoms with van der Waals surface area (Å²) in [6.07, 6.45) is 0.978. The van der Waals surface area contributed by atoms with Crippen LogP contribution in [0.25, 0.3) is 5.69 Å². The van der Waals surface area contributed by atoms with E-state index < -0.39 is 6.09 Å². The van der Waals surface area contributed by atoms with Crippen molar-refractivity contribution in [2.24, 2.45) is 0 Å². The molecule has 9 heteroatoms. The zero-order chi connectivity index (χ0) is 19.4.